The molecule has 1 aromatic heterocycles. The van der Waals surface area contributed by atoms with Gasteiger partial charge < -0.3 is 4.57 Å². The van der Waals surface area contributed by atoms with Crippen LogP contribution < -0.4 is 0 Å². The van der Waals surface area contributed by atoms with Gasteiger partial charge in [0.05, 0.1) is 0 Å². The van der Waals surface area contributed by atoms with E-state index in [4.69, 9.17) is 0 Å². The fourth-order valence-electron chi connectivity index (χ4n) is 2.05. The van der Waals surface area contributed by atoms with E-state index in [2.05, 4.69) is 75.7 Å². The van der Waals surface area contributed by atoms with Crippen LogP contribution in [-0.2, 0) is 7.05 Å². The molecule has 0 unspecified atom stereocenters. The van der Waals surface area contributed by atoms with Gasteiger partial charge in [0.1, 0.15) is 0 Å². The molecule has 1 heteroatoms. The van der Waals surface area contributed by atoms with Crippen molar-refractivity contribution in [2.45, 2.75) is 34.6 Å². The van der Waals surface area contributed by atoms with E-state index in [1.165, 1.54) is 27.8 Å². The van der Waals surface area contributed by atoms with Gasteiger partial charge in [-0.1, -0.05) is 48.0 Å². The third kappa shape index (κ3) is 7.51. The van der Waals surface area contributed by atoms with Crippen LogP contribution in [0.2, 0.25) is 0 Å². The highest BCUT2D eigenvalue weighted by Gasteiger charge is 1.90. The molecule has 0 saturated carbocycles. The zero-order valence-electron chi connectivity index (χ0n) is 15.3. The SMILES string of the molecule is Cc1cccccccn(C)ccc(C)c(C)cc(C)c(C)c1. The van der Waals surface area contributed by atoms with Crippen LogP contribution in [0.25, 0.3) is 0 Å². The summed E-state index contributed by atoms with van der Waals surface area (Å²) >= 11 is 0. The van der Waals surface area contributed by atoms with Gasteiger partial charge in [0.25, 0.3) is 0 Å². The van der Waals surface area contributed by atoms with E-state index in [1.54, 1.807) is 0 Å². The Balaban J connectivity index is 3.67. The van der Waals surface area contributed by atoms with Crippen LogP contribution in [0.5, 0.6) is 0 Å². The maximum atomic E-state index is 2.25. The summed E-state index contributed by atoms with van der Waals surface area (Å²) in [4.78, 5) is 0. The van der Waals surface area contributed by atoms with Crippen LogP contribution in [0.4, 0.5) is 0 Å². The van der Waals surface area contributed by atoms with Crippen molar-refractivity contribution in [1.29, 1.82) is 0 Å². The quantitative estimate of drug-likeness (QED) is 0.559. The molecule has 1 nitrogen and oxygen atoms in total. The van der Waals surface area contributed by atoms with Crippen molar-refractivity contribution in [1.82, 2.24) is 4.57 Å². The Morgan fingerprint density at radius 3 is 1.87 bits per heavy atom. The van der Waals surface area contributed by atoms with Crippen LogP contribution in [0.15, 0.2) is 67.0 Å². The predicted molar refractivity (Wildman–Crippen MR) is 102 cm³/mol. The Labute approximate surface area is 141 Å². The summed E-state index contributed by atoms with van der Waals surface area (Å²) in [5.41, 5.74) is 6.39. The Morgan fingerprint density at radius 2 is 1.13 bits per heavy atom. The Hall–Kier alpha value is -2.28. The zero-order valence-corrected chi connectivity index (χ0v) is 15.3. The molecule has 0 radical (unpaired) electrons. The van der Waals surface area contributed by atoms with E-state index in [0.717, 1.165) is 0 Å². The minimum Gasteiger partial charge on any atom is -0.357 e. The summed E-state index contributed by atoms with van der Waals surface area (Å²) in [6, 6.07) is 19.0. The van der Waals surface area contributed by atoms with Crippen molar-refractivity contribution in [2.24, 2.45) is 7.05 Å². The third-order valence-corrected chi connectivity index (χ3v) is 3.81. The van der Waals surface area contributed by atoms with Crippen LogP contribution in [0.3, 0.4) is 0 Å². The van der Waals surface area contributed by atoms with Gasteiger partial charge in [-0.05, 0) is 69.0 Å². The Morgan fingerprint density at radius 1 is 0.565 bits per heavy atom. The molecule has 0 aliphatic carbocycles. The minimum atomic E-state index is 1.25. The highest BCUT2D eigenvalue weighted by atomic mass is 14.9. The van der Waals surface area contributed by atoms with E-state index < -0.39 is 0 Å². The van der Waals surface area contributed by atoms with Gasteiger partial charge in [-0.25, -0.2) is 0 Å². The van der Waals surface area contributed by atoms with Gasteiger partial charge in [0, 0.05) is 19.4 Å². The van der Waals surface area contributed by atoms with Gasteiger partial charge >= 0.3 is 0 Å². The molecule has 0 aliphatic heterocycles. The van der Waals surface area contributed by atoms with Crippen molar-refractivity contribution in [2.75, 3.05) is 0 Å². The molecular weight excluding hydrogens is 278 g/mol. The summed E-state index contributed by atoms with van der Waals surface area (Å²) in [5, 5.41) is 0. The van der Waals surface area contributed by atoms with E-state index in [1.807, 2.05) is 37.5 Å². The lowest BCUT2D eigenvalue weighted by Crippen LogP contribution is -1.84. The number of aryl methyl sites for hydroxylation is 6. The molecule has 0 fully saturated rings. The molecule has 122 valence electrons. The average molecular weight is 307 g/mol. The molecule has 1 rings (SSSR count). The lowest BCUT2D eigenvalue weighted by atomic mass is 10.1. The molecule has 0 atom stereocenters. The van der Waals surface area contributed by atoms with Gasteiger partial charge in [0.2, 0.25) is 0 Å². The standard InChI is InChI=1S/C22H29N/c1-18-12-10-8-7-9-11-14-23(6)15-13-19(2)21(4)17-22(5)20(3)16-18/h7-17H,1-6H3. The summed E-state index contributed by atoms with van der Waals surface area (Å²) < 4.78 is 2.05. The van der Waals surface area contributed by atoms with Crippen LogP contribution in [0, 0.1) is 34.6 Å². The Bertz CT molecular complexity index is 707. The fourth-order valence-corrected chi connectivity index (χ4v) is 2.05. The second-order valence-electron chi connectivity index (χ2n) is 6.02. The van der Waals surface area contributed by atoms with Crippen molar-refractivity contribution >= 4 is 0 Å². The molecule has 0 N–H and O–H groups in total. The van der Waals surface area contributed by atoms with E-state index in [0.29, 0.717) is 0 Å². The van der Waals surface area contributed by atoms with Crippen LogP contribution >= 0.6 is 0 Å². The number of nitrogens with zero attached hydrogens (tertiary/aromatic N) is 1. The first-order chi connectivity index (χ1) is 10.9. The number of hydrogen-bond acceptors (Lipinski definition) is 0. The third-order valence-electron chi connectivity index (χ3n) is 3.81. The number of aromatic nitrogens is 1. The van der Waals surface area contributed by atoms with Crippen LogP contribution in [0.1, 0.15) is 27.8 Å². The normalized spacial score (nSPS) is 9.30. The first kappa shape index (κ1) is 18.8. The van der Waals surface area contributed by atoms with Gasteiger partial charge in [-0.2, -0.15) is 0 Å². The second-order valence-corrected chi connectivity index (χ2v) is 6.02. The maximum Gasteiger partial charge on any atom is 0.0106 e. The van der Waals surface area contributed by atoms with E-state index in [9.17, 15) is 0 Å². The highest BCUT2D eigenvalue weighted by molar-refractivity contribution is 5.29. The van der Waals surface area contributed by atoms with Crippen molar-refractivity contribution in [3.63, 3.8) is 0 Å². The molecule has 0 aliphatic rings. The molecular formula is C22H29N. The fraction of sp³-hybridized carbons (Fsp3) is 0.273. The van der Waals surface area contributed by atoms with Gasteiger partial charge in [0.15, 0.2) is 0 Å². The Kier molecular flexibility index (Phi) is 7.90. The molecule has 0 amide bonds. The molecule has 1 aromatic rings. The zero-order chi connectivity index (χ0) is 17.2. The smallest absolute Gasteiger partial charge is 0.0106 e. The van der Waals surface area contributed by atoms with E-state index >= 15 is 0 Å². The average Bonchev–Trinajstić information content (AvgIpc) is 2.50. The molecule has 1 heterocycles. The maximum absolute atomic E-state index is 2.25. The molecule has 0 spiro atoms. The summed E-state index contributed by atoms with van der Waals surface area (Å²) in [5.74, 6) is 0. The molecule has 0 saturated heterocycles. The van der Waals surface area contributed by atoms with Crippen molar-refractivity contribution in [3.8, 4) is 0 Å². The monoisotopic (exact) mass is 307 g/mol. The number of hydrogen-bond donors (Lipinski definition) is 0. The van der Waals surface area contributed by atoms with Gasteiger partial charge in [-0.3, -0.25) is 0 Å². The van der Waals surface area contributed by atoms with Crippen molar-refractivity contribution in [3.05, 3.63) is 94.8 Å². The van der Waals surface area contributed by atoms with Gasteiger partial charge in [-0.15, -0.1) is 0 Å². The van der Waals surface area contributed by atoms with E-state index in [-0.39, 0.29) is 0 Å². The summed E-state index contributed by atoms with van der Waals surface area (Å²) in [6.45, 7) is 10.8. The second kappa shape index (κ2) is 9.68. The minimum absolute atomic E-state index is 1.25. The molecule has 0 bridgehead atoms. The molecule has 23 heavy (non-hydrogen) atoms. The lowest BCUT2D eigenvalue weighted by Gasteiger charge is -1.99. The number of rotatable bonds is 0. The highest BCUT2D eigenvalue weighted by Crippen LogP contribution is 2.08. The van der Waals surface area contributed by atoms with Crippen LogP contribution in [-0.4, -0.2) is 4.57 Å². The first-order valence-corrected chi connectivity index (χ1v) is 8.03. The molecule has 0 aromatic carbocycles. The first-order valence-electron chi connectivity index (χ1n) is 8.03. The summed E-state index contributed by atoms with van der Waals surface area (Å²) in [7, 11) is 2.04. The predicted octanol–water partition coefficient (Wildman–Crippen LogP) is 5.94. The summed E-state index contributed by atoms with van der Waals surface area (Å²) in [6.07, 6.45) is 4.12. The topological polar surface area (TPSA) is 4.93 Å². The largest absolute Gasteiger partial charge is 0.357 e. The lowest BCUT2D eigenvalue weighted by molar-refractivity contribution is 0.909. The van der Waals surface area contributed by atoms with Crippen molar-refractivity contribution < 1.29 is 0 Å².